The molecule has 0 unspecified atom stereocenters. The van der Waals surface area contributed by atoms with Crippen LogP contribution in [0.1, 0.15) is 23.7 Å². The number of hydrogen-bond acceptors (Lipinski definition) is 4. The Balaban J connectivity index is 2.22. The normalized spacial score (nSPS) is 23.8. The van der Waals surface area contributed by atoms with Gasteiger partial charge in [-0.15, -0.1) is 0 Å². The van der Waals surface area contributed by atoms with Gasteiger partial charge in [0.1, 0.15) is 22.9 Å². The summed E-state index contributed by atoms with van der Waals surface area (Å²) in [6.07, 6.45) is 0.231. The molecule has 116 valence electrons. The molecule has 1 aromatic carbocycles. The first-order valence-corrected chi connectivity index (χ1v) is 8.03. The van der Waals surface area contributed by atoms with Crippen molar-refractivity contribution in [3.05, 3.63) is 29.3 Å². The number of carbonyl (C=O) groups excluding carboxylic acids is 1. The smallest absolute Gasteiger partial charge is 0.257 e. The minimum absolute atomic E-state index is 0.0432. The first-order valence-electron chi connectivity index (χ1n) is 6.31. The Morgan fingerprint density at radius 3 is 2.33 bits per heavy atom. The van der Waals surface area contributed by atoms with E-state index < -0.39 is 44.2 Å². The minimum atomic E-state index is -3.26. The predicted molar refractivity (Wildman–Crippen MR) is 72.0 cm³/mol. The summed E-state index contributed by atoms with van der Waals surface area (Å²) in [4.78, 5) is 12.0. The second-order valence-electron chi connectivity index (χ2n) is 4.91. The summed E-state index contributed by atoms with van der Waals surface area (Å²) >= 11 is 0. The number of rotatable bonds is 3. The van der Waals surface area contributed by atoms with E-state index in [0.717, 1.165) is 12.1 Å². The summed E-state index contributed by atoms with van der Waals surface area (Å²) in [6, 6.07) is 1.14. The summed E-state index contributed by atoms with van der Waals surface area (Å²) in [6.45, 7) is 1.47. The van der Waals surface area contributed by atoms with Gasteiger partial charge >= 0.3 is 0 Å². The molecule has 8 heteroatoms. The molecule has 21 heavy (non-hydrogen) atoms. The third kappa shape index (κ3) is 2.99. The molecule has 5 nitrogen and oxygen atoms in total. The van der Waals surface area contributed by atoms with Crippen molar-refractivity contribution in [2.24, 2.45) is 0 Å². The molecule has 1 saturated heterocycles. The van der Waals surface area contributed by atoms with Crippen LogP contribution in [-0.4, -0.2) is 38.5 Å². The molecule has 0 radical (unpaired) electrons. The van der Waals surface area contributed by atoms with Crippen molar-refractivity contribution >= 4 is 15.7 Å². The van der Waals surface area contributed by atoms with Crippen LogP contribution in [-0.2, 0) is 9.84 Å². The van der Waals surface area contributed by atoms with E-state index in [0.29, 0.717) is 0 Å². The van der Waals surface area contributed by atoms with Crippen LogP contribution < -0.4 is 10.1 Å². The van der Waals surface area contributed by atoms with Gasteiger partial charge in [0.05, 0.1) is 18.1 Å². The predicted octanol–water partition coefficient (Wildman–Crippen LogP) is 1.28. The molecule has 2 rings (SSSR count). The fourth-order valence-corrected chi connectivity index (χ4v) is 3.94. The molecule has 1 N–H and O–H groups in total. The number of amides is 1. The lowest BCUT2D eigenvalue weighted by atomic mass is 10.1. The van der Waals surface area contributed by atoms with E-state index in [-0.39, 0.29) is 17.9 Å². The van der Waals surface area contributed by atoms with Crippen LogP contribution in [0.5, 0.6) is 5.75 Å². The maximum atomic E-state index is 13.8. The van der Waals surface area contributed by atoms with Crippen LogP contribution in [0.25, 0.3) is 0 Å². The van der Waals surface area contributed by atoms with Crippen LogP contribution >= 0.6 is 0 Å². The second-order valence-corrected chi connectivity index (χ2v) is 7.38. The Morgan fingerprint density at radius 1 is 1.33 bits per heavy atom. The quantitative estimate of drug-likeness (QED) is 0.911. The Morgan fingerprint density at radius 2 is 1.90 bits per heavy atom. The zero-order chi connectivity index (χ0) is 15.8. The van der Waals surface area contributed by atoms with Crippen LogP contribution in [0.3, 0.4) is 0 Å². The van der Waals surface area contributed by atoms with Gasteiger partial charge in [0.15, 0.2) is 9.84 Å². The summed E-state index contributed by atoms with van der Waals surface area (Å²) in [5.41, 5.74) is -0.743. The molecule has 0 aromatic heterocycles. The zero-order valence-electron chi connectivity index (χ0n) is 11.5. The Bertz CT molecular complexity index is 652. The van der Waals surface area contributed by atoms with E-state index >= 15 is 0 Å². The van der Waals surface area contributed by atoms with Gasteiger partial charge in [0.2, 0.25) is 0 Å². The lowest BCUT2D eigenvalue weighted by molar-refractivity contribution is 0.0928. The number of hydrogen-bond donors (Lipinski definition) is 1. The van der Waals surface area contributed by atoms with Gasteiger partial charge in [-0.25, -0.2) is 17.2 Å². The summed E-state index contributed by atoms with van der Waals surface area (Å²) in [7, 11) is -2.01. The standard InChI is InChI=1S/C13H15F2NO4S/c1-7-11(3-4-21(7,18)19)16-13(17)12-9(14)5-8(20-2)6-10(12)15/h5-7,11H,3-4H2,1-2H3,(H,16,17)/t7-,11-/m1/s1. The van der Waals surface area contributed by atoms with E-state index in [2.05, 4.69) is 5.32 Å². The Labute approximate surface area is 121 Å². The van der Waals surface area contributed by atoms with Crippen molar-refractivity contribution in [1.82, 2.24) is 5.32 Å². The second kappa shape index (κ2) is 5.59. The first kappa shape index (κ1) is 15.7. The van der Waals surface area contributed by atoms with Crippen LogP contribution in [0.2, 0.25) is 0 Å². The van der Waals surface area contributed by atoms with E-state index in [4.69, 9.17) is 4.74 Å². The van der Waals surface area contributed by atoms with Crippen molar-refractivity contribution in [3.8, 4) is 5.75 Å². The number of carbonyl (C=O) groups is 1. The highest BCUT2D eigenvalue weighted by Crippen LogP contribution is 2.23. The maximum Gasteiger partial charge on any atom is 0.257 e. The van der Waals surface area contributed by atoms with Crippen molar-refractivity contribution in [2.45, 2.75) is 24.6 Å². The fourth-order valence-electron chi connectivity index (χ4n) is 2.28. The maximum absolute atomic E-state index is 13.8. The van der Waals surface area contributed by atoms with E-state index in [1.54, 1.807) is 0 Å². The zero-order valence-corrected chi connectivity index (χ0v) is 12.3. The average Bonchev–Trinajstić information content (AvgIpc) is 2.65. The first-order chi connectivity index (χ1) is 9.76. The molecule has 0 aliphatic carbocycles. The number of halogens is 2. The topological polar surface area (TPSA) is 72.5 Å². The van der Waals surface area contributed by atoms with Gasteiger partial charge in [-0.2, -0.15) is 0 Å². The largest absolute Gasteiger partial charge is 0.497 e. The molecule has 0 spiro atoms. The van der Waals surface area contributed by atoms with Crippen molar-refractivity contribution in [3.63, 3.8) is 0 Å². The highest BCUT2D eigenvalue weighted by atomic mass is 32.2. The molecular formula is C13H15F2NO4S. The fraction of sp³-hybridized carbons (Fsp3) is 0.462. The van der Waals surface area contributed by atoms with Crippen molar-refractivity contribution in [1.29, 1.82) is 0 Å². The van der Waals surface area contributed by atoms with E-state index in [1.807, 2.05) is 0 Å². The number of nitrogens with one attached hydrogen (secondary N) is 1. The number of methoxy groups -OCH3 is 1. The molecule has 0 saturated carbocycles. The van der Waals surface area contributed by atoms with Crippen molar-refractivity contribution in [2.75, 3.05) is 12.9 Å². The third-order valence-electron chi connectivity index (χ3n) is 3.64. The van der Waals surface area contributed by atoms with Crippen LogP contribution in [0, 0.1) is 11.6 Å². The monoisotopic (exact) mass is 319 g/mol. The lowest BCUT2D eigenvalue weighted by Gasteiger charge is -2.17. The van der Waals surface area contributed by atoms with Gasteiger partial charge in [-0.3, -0.25) is 4.79 Å². The number of benzene rings is 1. The summed E-state index contributed by atoms with van der Waals surface area (Å²) < 4.78 is 55.4. The molecule has 0 bridgehead atoms. The molecule has 2 atom stereocenters. The van der Waals surface area contributed by atoms with Gasteiger partial charge in [0.25, 0.3) is 5.91 Å². The van der Waals surface area contributed by atoms with Crippen LogP contribution in [0.4, 0.5) is 8.78 Å². The Kier molecular flexibility index (Phi) is 4.18. The Hall–Kier alpha value is -1.70. The third-order valence-corrected chi connectivity index (χ3v) is 5.91. The summed E-state index contributed by atoms with van der Waals surface area (Å²) in [5, 5.41) is 1.61. The van der Waals surface area contributed by atoms with E-state index in [9.17, 15) is 22.0 Å². The highest BCUT2D eigenvalue weighted by Gasteiger charge is 2.38. The summed E-state index contributed by atoms with van der Waals surface area (Å²) in [5.74, 6) is -3.18. The number of sulfone groups is 1. The number of ether oxygens (including phenoxy) is 1. The minimum Gasteiger partial charge on any atom is -0.497 e. The molecule has 1 aromatic rings. The van der Waals surface area contributed by atoms with Gasteiger partial charge < -0.3 is 10.1 Å². The van der Waals surface area contributed by atoms with Gasteiger partial charge in [0, 0.05) is 18.2 Å². The molecule has 1 amide bonds. The van der Waals surface area contributed by atoms with Gasteiger partial charge in [-0.05, 0) is 13.3 Å². The van der Waals surface area contributed by atoms with E-state index in [1.165, 1.54) is 14.0 Å². The van der Waals surface area contributed by atoms with Gasteiger partial charge in [-0.1, -0.05) is 0 Å². The lowest BCUT2D eigenvalue weighted by Crippen LogP contribution is -2.41. The molecule has 1 aliphatic rings. The molecular weight excluding hydrogens is 304 g/mol. The SMILES string of the molecule is COc1cc(F)c(C(=O)N[C@@H]2CCS(=O)(=O)[C@@H]2C)c(F)c1. The average molecular weight is 319 g/mol. The van der Waals surface area contributed by atoms with Crippen LogP contribution in [0.15, 0.2) is 12.1 Å². The molecule has 1 aliphatic heterocycles. The molecule has 1 fully saturated rings. The van der Waals surface area contributed by atoms with Crippen molar-refractivity contribution < 1.29 is 26.7 Å². The molecule has 1 heterocycles. The highest BCUT2D eigenvalue weighted by molar-refractivity contribution is 7.92.